The van der Waals surface area contributed by atoms with Crippen LogP contribution in [0.15, 0.2) is 42.5 Å². The predicted molar refractivity (Wildman–Crippen MR) is 51.9 cm³/mol. The number of phenols is 1. The van der Waals surface area contributed by atoms with Gasteiger partial charge in [-0.25, -0.2) is 0 Å². The summed E-state index contributed by atoms with van der Waals surface area (Å²) in [7, 11) is 0. The highest BCUT2D eigenvalue weighted by Gasteiger charge is 1.86. The molecule has 0 fully saturated rings. The molecule has 0 radical (unpaired) electrons. The maximum atomic E-state index is 9.11. The van der Waals surface area contributed by atoms with Crippen molar-refractivity contribution in [3.8, 4) is 11.8 Å². The second-order valence-corrected chi connectivity index (χ2v) is 2.44. The Morgan fingerprint density at radius 2 is 2.15 bits per heavy atom. The molecule has 2 heteroatoms. The molecule has 1 N–H and O–H groups in total. The number of phenolic OH excluding ortho intramolecular Hbond substituents is 1. The molecule has 1 rings (SSSR count). The van der Waals surface area contributed by atoms with Crippen molar-refractivity contribution in [1.82, 2.24) is 0 Å². The number of hydrogen-bond acceptors (Lipinski definition) is 2. The Labute approximate surface area is 77.1 Å². The average Bonchev–Trinajstić information content (AvgIpc) is 2.13. The fourth-order valence-electron chi connectivity index (χ4n) is 0.894. The van der Waals surface area contributed by atoms with Crippen LogP contribution in [0.2, 0.25) is 0 Å². The van der Waals surface area contributed by atoms with Crippen molar-refractivity contribution in [3.05, 3.63) is 48.1 Å². The molecule has 0 aliphatic carbocycles. The number of benzene rings is 1. The Balaban J connectivity index is 2.70. The summed E-state index contributed by atoms with van der Waals surface area (Å²) in [5.41, 5.74) is 0.905. The van der Waals surface area contributed by atoms with E-state index in [1.807, 2.05) is 18.2 Å². The third-order valence-corrected chi connectivity index (χ3v) is 1.44. The van der Waals surface area contributed by atoms with Crippen LogP contribution in [0, 0.1) is 11.3 Å². The van der Waals surface area contributed by atoms with Gasteiger partial charge in [0.1, 0.15) is 5.75 Å². The van der Waals surface area contributed by atoms with Crippen LogP contribution in [0.4, 0.5) is 0 Å². The molecule has 0 saturated heterocycles. The number of aromatic hydroxyl groups is 1. The molecule has 0 amide bonds. The highest BCUT2D eigenvalue weighted by atomic mass is 16.3. The first-order valence-electron chi connectivity index (χ1n) is 3.85. The van der Waals surface area contributed by atoms with E-state index in [9.17, 15) is 0 Å². The highest BCUT2D eigenvalue weighted by Crippen LogP contribution is 2.11. The minimum atomic E-state index is 0.242. The molecule has 0 aromatic heterocycles. The van der Waals surface area contributed by atoms with E-state index in [0.717, 1.165) is 5.56 Å². The number of nitriles is 1. The maximum Gasteiger partial charge on any atom is 0.116 e. The van der Waals surface area contributed by atoms with Crippen molar-refractivity contribution in [3.63, 3.8) is 0 Å². The molecule has 0 heterocycles. The molecule has 13 heavy (non-hydrogen) atoms. The predicted octanol–water partition coefficient (Wildman–Crippen LogP) is 2.49. The zero-order chi connectivity index (χ0) is 9.52. The monoisotopic (exact) mass is 171 g/mol. The molecule has 64 valence electrons. The van der Waals surface area contributed by atoms with Gasteiger partial charge in [-0.1, -0.05) is 30.4 Å². The Morgan fingerprint density at radius 1 is 1.31 bits per heavy atom. The Hall–Kier alpha value is -2.01. The van der Waals surface area contributed by atoms with E-state index in [-0.39, 0.29) is 5.75 Å². The normalized spacial score (nSPS) is 10.7. The van der Waals surface area contributed by atoms with Crippen molar-refractivity contribution in [1.29, 1.82) is 5.26 Å². The molecular formula is C11H9NO. The van der Waals surface area contributed by atoms with Crippen molar-refractivity contribution in [2.75, 3.05) is 0 Å². The second kappa shape index (κ2) is 4.78. The minimum absolute atomic E-state index is 0.242. The van der Waals surface area contributed by atoms with E-state index in [1.165, 1.54) is 6.08 Å². The third-order valence-electron chi connectivity index (χ3n) is 1.44. The zero-order valence-corrected chi connectivity index (χ0v) is 7.01. The van der Waals surface area contributed by atoms with E-state index in [2.05, 4.69) is 0 Å². The van der Waals surface area contributed by atoms with Gasteiger partial charge in [-0.05, 0) is 17.7 Å². The number of nitrogens with zero attached hydrogens (tertiary/aromatic N) is 1. The first kappa shape index (κ1) is 9.08. The molecule has 2 nitrogen and oxygen atoms in total. The summed E-state index contributed by atoms with van der Waals surface area (Å²) < 4.78 is 0. The topological polar surface area (TPSA) is 44.0 Å². The summed E-state index contributed by atoms with van der Waals surface area (Å²) in [6.07, 6.45) is 6.59. The second-order valence-electron chi connectivity index (χ2n) is 2.44. The van der Waals surface area contributed by atoms with E-state index < -0.39 is 0 Å². The quantitative estimate of drug-likeness (QED) is 0.548. The average molecular weight is 171 g/mol. The highest BCUT2D eigenvalue weighted by molar-refractivity contribution is 5.53. The largest absolute Gasteiger partial charge is 0.508 e. The van der Waals surface area contributed by atoms with Crippen LogP contribution >= 0.6 is 0 Å². The molecule has 0 saturated carbocycles. The fraction of sp³-hybridized carbons (Fsp3) is 0. The lowest BCUT2D eigenvalue weighted by Gasteiger charge is -1.92. The first-order chi connectivity index (χ1) is 6.33. The molecule has 0 aliphatic heterocycles. The molecule has 0 spiro atoms. The van der Waals surface area contributed by atoms with Gasteiger partial charge >= 0.3 is 0 Å². The molecular weight excluding hydrogens is 162 g/mol. The Bertz CT molecular complexity index is 372. The van der Waals surface area contributed by atoms with Gasteiger partial charge in [-0.3, -0.25) is 0 Å². The van der Waals surface area contributed by atoms with Gasteiger partial charge < -0.3 is 5.11 Å². The molecule has 0 unspecified atom stereocenters. The molecule has 0 aliphatic rings. The number of allylic oxidation sites excluding steroid dienone is 3. The van der Waals surface area contributed by atoms with Gasteiger partial charge in [0, 0.05) is 6.08 Å². The van der Waals surface area contributed by atoms with E-state index >= 15 is 0 Å². The summed E-state index contributed by atoms with van der Waals surface area (Å²) >= 11 is 0. The van der Waals surface area contributed by atoms with Crippen molar-refractivity contribution in [2.24, 2.45) is 0 Å². The Kier molecular flexibility index (Phi) is 3.34. The Morgan fingerprint density at radius 3 is 2.85 bits per heavy atom. The van der Waals surface area contributed by atoms with E-state index in [1.54, 1.807) is 30.4 Å². The lowest BCUT2D eigenvalue weighted by atomic mass is 10.2. The van der Waals surface area contributed by atoms with Crippen molar-refractivity contribution < 1.29 is 5.11 Å². The molecule has 1 aromatic carbocycles. The summed E-state index contributed by atoms with van der Waals surface area (Å²) in [6, 6.07) is 8.79. The smallest absolute Gasteiger partial charge is 0.116 e. The van der Waals surface area contributed by atoms with Crippen LogP contribution in [0.3, 0.4) is 0 Å². The number of hydrogen-bond donors (Lipinski definition) is 1. The van der Waals surface area contributed by atoms with Crippen molar-refractivity contribution >= 4 is 6.08 Å². The van der Waals surface area contributed by atoms with Crippen LogP contribution < -0.4 is 0 Å². The third kappa shape index (κ3) is 3.26. The first-order valence-corrected chi connectivity index (χ1v) is 3.85. The lowest BCUT2D eigenvalue weighted by molar-refractivity contribution is 0.475. The standard InChI is InChI=1S/C11H9NO/c12-8-3-1-2-5-10-6-4-7-11(13)9-10/h1-7,9,13H. The van der Waals surface area contributed by atoms with Crippen LogP contribution in [-0.4, -0.2) is 5.11 Å². The zero-order valence-electron chi connectivity index (χ0n) is 7.01. The molecule has 0 atom stereocenters. The fourth-order valence-corrected chi connectivity index (χ4v) is 0.894. The number of rotatable bonds is 2. The summed E-state index contributed by atoms with van der Waals surface area (Å²) in [5.74, 6) is 0.242. The SMILES string of the molecule is N#CC=CC=Cc1cccc(O)c1. The van der Waals surface area contributed by atoms with Gasteiger partial charge in [0.2, 0.25) is 0 Å². The summed E-state index contributed by atoms with van der Waals surface area (Å²) in [6.45, 7) is 0. The van der Waals surface area contributed by atoms with Gasteiger partial charge in [0.25, 0.3) is 0 Å². The van der Waals surface area contributed by atoms with Crippen LogP contribution in [0.1, 0.15) is 5.56 Å². The molecule has 0 bridgehead atoms. The van der Waals surface area contributed by atoms with Crippen LogP contribution in [-0.2, 0) is 0 Å². The lowest BCUT2D eigenvalue weighted by Crippen LogP contribution is -1.69. The summed E-state index contributed by atoms with van der Waals surface area (Å²) in [4.78, 5) is 0. The minimum Gasteiger partial charge on any atom is -0.508 e. The molecule has 1 aromatic rings. The van der Waals surface area contributed by atoms with Gasteiger partial charge in [0.15, 0.2) is 0 Å². The van der Waals surface area contributed by atoms with Gasteiger partial charge in [0.05, 0.1) is 6.07 Å². The van der Waals surface area contributed by atoms with E-state index in [4.69, 9.17) is 10.4 Å². The van der Waals surface area contributed by atoms with Crippen molar-refractivity contribution in [2.45, 2.75) is 0 Å². The van der Waals surface area contributed by atoms with Crippen LogP contribution in [0.25, 0.3) is 6.08 Å². The summed E-state index contributed by atoms with van der Waals surface area (Å²) in [5, 5.41) is 17.3. The maximum absolute atomic E-state index is 9.11. The van der Waals surface area contributed by atoms with Gasteiger partial charge in [-0.15, -0.1) is 0 Å². The van der Waals surface area contributed by atoms with Gasteiger partial charge in [-0.2, -0.15) is 5.26 Å². The van der Waals surface area contributed by atoms with Crippen LogP contribution in [0.5, 0.6) is 5.75 Å². The van der Waals surface area contributed by atoms with E-state index in [0.29, 0.717) is 0 Å².